The Hall–Kier alpha value is -0.810. The van der Waals surface area contributed by atoms with Crippen LogP contribution in [0.3, 0.4) is 0 Å². The van der Waals surface area contributed by atoms with E-state index in [2.05, 4.69) is 24.1 Å². The van der Waals surface area contributed by atoms with Gasteiger partial charge in [-0.3, -0.25) is 4.90 Å². The van der Waals surface area contributed by atoms with E-state index in [9.17, 15) is 4.79 Å². The molecule has 0 radical (unpaired) electrons. The van der Waals surface area contributed by atoms with E-state index in [1.165, 1.54) is 20.0 Å². The van der Waals surface area contributed by atoms with E-state index < -0.39 is 0 Å². The van der Waals surface area contributed by atoms with Crippen molar-refractivity contribution in [2.75, 3.05) is 39.8 Å². The van der Waals surface area contributed by atoms with Gasteiger partial charge in [-0.1, -0.05) is 0 Å². The fraction of sp³-hybridized carbons (Fsp3) is 0.923. The molecule has 0 aliphatic carbocycles. The van der Waals surface area contributed by atoms with Gasteiger partial charge in [0.2, 0.25) is 0 Å². The highest BCUT2D eigenvalue weighted by Crippen LogP contribution is 2.23. The number of methoxy groups -OCH3 is 1. The Labute approximate surface area is 109 Å². The minimum Gasteiger partial charge on any atom is -0.453 e. The summed E-state index contributed by atoms with van der Waals surface area (Å²) in [6, 6.07) is 0.654. The molecule has 2 saturated heterocycles. The predicted molar refractivity (Wildman–Crippen MR) is 70.7 cm³/mol. The lowest BCUT2D eigenvalue weighted by molar-refractivity contribution is 0.0543. The summed E-state index contributed by atoms with van der Waals surface area (Å²) in [6.45, 7) is 9.14. The fourth-order valence-electron chi connectivity index (χ4n) is 3.05. The molecule has 5 nitrogen and oxygen atoms in total. The second-order valence-corrected chi connectivity index (χ2v) is 5.95. The van der Waals surface area contributed by atoms with E-state index in [0.29, 0.717) is 6.04 Å². The number of carbonyl (C=O) groups is 1. The van der Waals surface area contributed by atoms with E-state index >= 15 is 0 Å². The van der Waals surface area contributed by atoms with Crippen LogP contribution in [0.1, 0.15) is 26.7 Å². The van der Waals surface area contributed by atoms with Crippen molar-refractivity contribution in [2.24, 2.45) is 0 Å². The van der Waals surface area contributed by atoms with Crippen molar-refractivity contribution in [1.29, 1.82) is 0 Å². The van der Waals surface area contributed by atoms with Gasteiger partial charge in [-0.25, -0.2) is 4.79 Å². The number of ether oxygens (including phenoxy) is 1. The van der Waals surface area contributed by atoms with Crippen molar-refractivity contribution in [3.05, 3.63) is 0 Å². The van der Waals surface area contributed by atoms with Gasteiger partial charge >= 0.3 is 6.09 Å². The average molecular weight is 255 g/mol. The first kappa shape index (κ1) is 13.6. The van der Waals surface area contributed by atoms with Crippen molar-refractivity contribution in [3.8, 4) is 0 Å². The highest BCUT2D eigenvalue weighted by Gasteiger charge is 2.33. The molecule has 0 saturated carbocycles. The highest BCUT2D eigenvalue weighted by molar-refractivity contribution is 5.67. The summed E-state index contributed by atoms with van der Waals surface area (Å²) in [5.74, 6) is 0. The third-order valence-electron chi connectivity index (χ3n) is 4.09. The molecule has 2 aliphatic rings. The molecule has 18 heavy (non-hydrogen) atoms. The van der Waals surface area contributed by atoms with Gasteiger partial charge in [-0.15, -0.1) is 0 Å². The third-order valence-corrected chi connectivity index (χ3v) is 4.09. The topological polar surface area (TPSA) is 44.8 Å². The van der Waals surface area contributed by atoms with Crippen molar-refractivity contribution < 1.29 is 9.53 Å². The molecule has 2 rings (SSSR count). The molecular formula is C13H25N3O2. The lowest BCUT2D eigenvalue weighted by Gasteiger charge is -2.44. The van der Waals surface area contributed by atoms with Gasteiger partial charge in [0, 0.05) is 37.8 Å². The maximum atomic E-state index is 11.4. The van der Waals surface area contributed by atoms with Crippen molar-refractivity contribution in [2.45, 2.75) is 38.3 Å². The molecule has 2 heterocycles. The zero-order valence-corrected chi connectivity index (χ0v) is 11.7. The van der Waals surface area contributed by atoms with Crippen LogP contribution in [0.5, 0.6) is 0 Å². The number of rotatable bonds is 1. The quantitative estimate of drug-likeness (QED) is 0.756. The molecule has 1 amide bonds. The minimum atomic E-state index is -0.194. The van der Waals surface area contributed by atoms with Crippen molar-refractivity contribution >= 4 is 6.09 Å². The number of nitrogens with one attached hydrogen (secondary N) is 1. The van der Waals surface area contributed by atoms with Crippen LogP contribution < -0.4 is 5.32 Å². The first-order valence-corrected chi connectivity index (χ1v) is 6.84. The van der Waals surface area contributed by atoms with E-state index in [1.54, 1.807) is 4.90 Å². The Balaban J connectivity index is 1.84. The molecule has 0 aromatic heterocycles. The van der Waals surface area contributed by atoms with Crippen LogP contribution in [0, 0.1) is 0 Å². The van der Waals surface area contributed by atoms with Gasteiger partial charge in [0.05, 0.1) is 7.11 Å². The predicted octanol–water partition coefficient (Wildman–Crippen LogP) is 0.901. The second-order valence-electron chi connectivity index (χ2n) is 5.95. The molecule has 0 bridgehead atoms. The second kappa shape index (κ2) is 5.45. The summed E-state index contributed by atoms with van der Waals surface area (Å²) in [5, 5.41) is 3.55. The number of hydrogen-bond acceptors (Lipinski definition) is 4. The standard InChI is InChI=1S/C13H25N3O2/c1-13(2)10-11(4-5-14-13)15-6-8-16(9-7-15)12(17)18-3/h11,14H,4-10H2,1-3H3. The molecular weight excluding hydrogens is 230 g/mol. The number of carbonyl (C=O) groups excluding carboxylic acids is 1. The van der Waals surface area contributed by atoms with Gasteiger partial charge in [0.15, 0.2) is 0 Å². The highest BCUT2D eigenvalue weighted by atomic mass is 16.5. The molecule has 104 valence electrons. The summed E-state index contributed by atoms with van der Waals surface area (Å²) in [6.07, 6.45) is 2.20. The van der Waals surface area contributed by atoms with E-state index in [1.807, 2.05) is 0 Å². The summed E-state index contributed by atoms with van der Waals surface area (Å²) in [4.78, 5) is 15.8. The minimum absolute atomic E-state index is 0.194. The average Bonchev–Trinajstić information content (AvgIpc) is 2.37. The molecule has 1 atom stereocenters. The smallest absolute Gasteiger partial charge is 0.409 e. The molecule has 0 spiro atoms. The van der Waals surface area contributed by atoms with E-state index in [0.717, 1.165) is 32.7 Å². The molecule has 1 unspecified atom stereocenters. The maximum Gasteiger partial charge on any atom is 0.409 e. The van der Waals surface area contributed by atoms with Crippen molar-refractivity contribution in [1.82, 2.24) is 15.1 Å². The van der Waals surface area contributed by atoms with Crippen LogP contribution in [0.15, 0.2) is 0 Å². The Morgan fingerprint density at radius 2 is 1.94 bits per heavy atom. The molecule has 5 heteroatoms. The van der Waals surface area contributed by atoms with Gasteiger partial charge in [0.25, 0.3) is 0 Å². The Morgan fingerprint density at radius 1 is 1.28 bits per heavy atom. The fourth-order valence-corrected chi connectivity index (χ4v) is 3.05. The largest absolute Gasteiger partial charge is 0.453 e. The summed E-state index contributed by atoms with van der Waals surface area (Å²) >= 11 is 0. The van der Waals surface area contributed by atoms with Crippen LogP contribution in [0.2, 0.25) is 0 Å². The normalized spacial score (nSPS) is 29.1. The molecule has 1 N–H and O–H groups in total. The number of amides is 1. The zero-order chi connectivity index (χ0) is 13.2. The summed E-state index contributed by atoms with van der Waals surface area (Å²) in [5.41, 5.74) is 0.238. The summed E-state index contributed by atoms with van der Waals surface area (Å²) < 4.78 is 4.76. The molecule has 0 aromatic rings. The van der Waals surface area contributed by atoms with E-state index in [-0.39, 0.29) is 11.6 Å². The lowest BCUT2D eigenvalue weighted by Crippen LogP contribution is -2.57. The Bertz CT molecular complexity index is 299. The van der Waals surface area contributed by atoms with Crippen molar-refractivity contribution in [3.63, 3.8) is 0 Å². The van der Waals surface area contributed by atoms with Gasteiger partial charge in [-0.05, 0) is 33.2 Å². The van der Waals surface area contributed by atoms with Crippen LogP contribution in [0.25, 0.3) is 0 Å². The lowest BCUT2D eigenvalue weighted by atomic mass is 9.88. The van der Waals surface area contributed by atoms with Gasteiger partial charge < -0.3 is 15.0 Å². The molecule has 0 aromatic carbocycles. The molecule has 2 fully saturated rings. The summed E-state index contributed by atoms with van der Waals surface area (Å²) in [7, 11) is 1.45. The van der Waals surface area contributed by atoms with Gasteiger partial charge in [-0.2, -0.15) is 0 Å². The van der Waals surface area contributed by atoms with Crippen LogP contribution in [0.4, 0.5) is 4.79 Å². The number of piperidine rings is 1. The molecule has 2 aliphatic heterocycles. The Morgan fingerprint density at radius 3 is 2.50 bits per heavy atom. The zero-order valence-electron chi connectivity index (χ0n) is 11.7. The number of hydrogen-bond donors (Lipinski definition) is 1. The first-order valence-electron chi connectivity index (χ1n) is 6.84. The first-order chi connectivity index (χ1) is 8.52. The monoisotopic (exact) mass is 255 g/mol. The van der Waals surface area contributed by atoms with Crippen LogP contribution in [-0.2, 0) is 4.74 Å². The Kier molecular flexibility index (Phi) is 4.12. The number of piperazine rings is 1. The van der Waals surface area contributed by atoms with Crippen LogP contribution in [-0.4, -0.2) is 67.3 Å². The van der Waals surface area contributed by atoms with Crippen LogP contribution >= 0.6 is 0 Å². The van der Waals surface area contributed by atoms with E-state index in [4.69, 9.17) is 4.74 Å². The number of nitrogens with zero attached hydrogens (tertiary/aromatic N) is 2. The SMILES string of the molecule is COC(=O)N1CCN(C2CCNC(C)(C)C2)CC1. The third kappa shape index (κ3) is 3.14. The van der Waals surface area contributed by atoms with Gasteiger partial charge in [0.1, 0.15) is 0 Å². The maximum absolute atomic E-state index is 11.4.